The van der Waals surface area contributed by atoms with Crippen molar-refractivity contribution < 1.29 is 4.79 Å². The number of carbonyl (C=O) groups excluding carboxylic acids is 1. The predicted molar refractivity (Wildman–Crippen MR) is 68.0 cm³/mol. The molecule has 2 unspecified atom stereocenters. The Kier molecular flexibility index (Phi) is 2.51. The number of benzene rings is 1. The molecule has 1 aromatic rings. The van der Waals surface area contributed by atoms with Gasteiger partial charge in [0.15, 0.2) is 0 Å². The van der Waals surface area contributed by atoms with Crippen LogP contribution in [0.4, 0.5) is 5.69 Å². The van der Waals surface area contributed by atoms with Gasteiger partial charge < -0.3 is 10.6 Å². The molecule has 1 aliphatic heterocycles. The van der Waals surface area contributed by atoms with Gasteiger partial charge in [-0.2, -0.15) is 0 Å². The maximum absolute atomic E-state index is 12.4. The minimum Gasteiger partial charge on any atom is -0.399 e. The zero-order valence-electron chi connectivity index (χ0n) is 9.53. The van der Waals surface area contributed by atoms with Crippen LogP contribution < -0.4 is 5.73 Å². The number of likely N-dealkylation sites (tertiary alicyclic amines) is 1. The fourth-order valence-electron chi connectivity index (χ4n) is 3.08. The van der Waals surface area contributed by atoms with Crippen LogP contribution in [0, 0.1) is 5.92 Å². The van der Waals surface area contributed by atoms with Gasteiger partial charge in [0.1, 0.15) is 0 Å². The molecule has 1 saturated carbocycles. The molecule has 0 spiro atoms. The monoisotopic (exact) mass is 250 g/mol. The summed E-state index contributed by atoms with van der Waals surface area (Å²) < 4.78 is 0. The van der Waals surface area contributed by atoms with Crippen molar-refractivity contribution >= 4 is 23.2 Å². The van der Waals surface area contributed by atoms with Crippen molar-refractivity contribution in [2.75, 3.05) is 12.3 Å². The van der Waals surface area contributed by atoms with E-state index in [0.29, 0.717) is 28.2 Å². The number of hydrogen-bond acceptors (Lipinski definition) is 2. The van der Waals surface area contributed by atoms with E-state index >= 15 is 0 Å². The molecule has 1 saturated heterocycles. The molecule has 3 nitrogen and oxygen atoms in total. The third kappa shape index (κ3) is 1.89. The van der Waals surface area contributed by atoms with E-state index in [0.717, 1.165) is 13.0 Å². The van der Waals surface area contributed by atoms with Gasteiger partial charge in [-0.1, -0.05) is 11.6 Å². The van der Waals surface area contributed by atoms with Gasteiger partial charge >= 0.3 is 0 Å². The molecular formula is C13H15ClN2O. The topological polar surface area (TPSA) is 46.3 Å². The molecule has 2 aliphatic rings. The molecule has 1 aromatic carbocycles. The molecule has 0 radical (unpaired) electrons. The quantitative estimate of drug-likeness (QED) is 0.779. The zero-order chi connectivity index (χ0) is 12.0. The molecule has 2 bridgehead atoms. The van der Waals surface area contributed by atoms with E-state index in [-0.39, 0.29) is 5.91 Å². The van der Waals surface area contributed by atoms with Crippen molar-refractivity contribution in [3.8, 4) is 0 Å². The maximum atomic E-state index is 12.4. The number of amides is 1. The molecule has 90 valence electrons. The van der Waals surface area contributed by atoms with Crippen molar-refractivity contribution in [3.63, 3.8) is 0 Å². The number of rotatable bonds is 1. The van der Waals surface area contributed by atoms with Crippen LogP contribution in [0.3, 0.4) is 0 Å². The summed E-state index contributed by atoms with van der Waals surface area (Å²) in [6, 6.07) is 5.51. The highest BCUT2D eigenvalue weighted by molar-refractivity contribution is 6.31. The van der Waals surface area contributed by atoms with E-state index < -0.39 is 0 Å². The minimum atomic E-state index is 0.0754. The van der Waals surface area contributed by atoms with Gasteiger partial charge in [-0.25, -0.2) is 0 Å². The number of fused-ring (bicyclic) bond motifs is 2. The molecule has 2 N–H and O–H groups in total. The highest BCUT2D eigenvalue weighted by Gasteiger charge is 2.40. The Hall–Kier alpha value is -1.22. The third-order valence-corrected chi connectivity index (χ3v) is 4.06. The normalized spacial score (nSPS) is 26.5. The molecule has 1 aliphatic carbocycles. The van der Waals surface area contributed by atoms with E-state index in [1.807, 2.05) is 4.90 Å². The van der Waals surface area contributed by atoms with Gasteiger partial charge in [0, 0.05) is 28.9 Å². The van der Waals surface area contributed by atoms with Crippen molar-refractivity contribution in [1.82, 2.24) is 4.90 Å². The minimum absolute atomic E-state index is 0.0754. The highest BCUT2D eigenvalue weighted by Crippen LogP contribution is 2.38. The van der Waals surface area contributed by atoms with Crippen LogP contribution in [0.5, 0.6) is 0 Å². The first-order chi connectivity index (χ1) is 8.13. The van der Waals surface area contributed by atoms with Crippen LogP contribution in [-0.4, -0.2) is 23.4 Å². The highest BCUT2D eigenvalue weighted by atomic mass is 35.5. The molecule has 0 aromatic heterocycles. The number of carbonyl (C=O) groups is 1. The van der Waals surface area contributed by atoms with Crippen LogP contribution in [-0.2, 0) is 0 Å². The Morgan fingerprint density at radius 2 is 2.18 bits per heavy atom. The summed E-state index contributed by atoms with van der Waals surface area (Å²) in [7, 11) is 0. The van der Waals surface area contributed by atoms with Crippen LogP contribution in [0.25, 0.3) is 0 Å². The fraction of sp³-hybridized carbons (Fsp3) is 0.462. The molecule has 4 heteroatoms. The standard InChI is InChI=1S/C13H15ClN2O/c14-10-4-9(5-11(15)6-10)13(17)16-7-8-1-2-12(16)3-8/h4-6,8,12H,1-3,7,15H2. The number of halogens is 1. The molecule has 2 atom stereocenters. The molecular weight excluding hydrogens is 236 g/mol. The lowest BCUT2D eigenvalue weighted by Crippen LogP contribution is -2.37. The number of hydrogen-bond donors (Lipinski definition) is 1. The smallest absolute Gasteiger partial charge is 0.254 e. The second-order valence-electron chi connectivity index (χ2n) is 5.06. The summed E-state index contributed by atoms with van der Waals surface area (Å²) in [6.07, 6.45) is 3.58. The van der Waals surface area contributed by atoms with Gasteiger partial charge in [-0.05, 0) is 43.4 Å². The number of piperidine rings is 1. The predicted octanol–water partition coefficient (Wildman–Crippen LogP) is 2.55. The van der Waals surface area contributed by atoms with Gasteiger partial charge in [0.05, 0.1) is 0 Å². The Bertz CT molecular complexity index is 454. The Morgan fingerprint density at radius 1 is 1.35 bits per heavy atom. The molecule has 2 fully saturated rings. The van der Waals surface area contributed by atoms with E-state index in [9.17, 15) is 4.79 Å². The van der Waals surface area contributed by atoms with Crippen LogP contribution >= 0.6 is 11.6 Å². The SMILES string of the molecule is Nc1cc(Cl)cc(C(=O)N2CC3CCC2C3)c1. The van der Waals surface area contributed by atoms with Gasteiger partial charge in [-0.3, -0.25) is 4.79 Å². The van der Waals surface area contributed by atoms with Gasteiger partial charge in [-0.15, -0.1) is 0 Å². The maximum Gasteiger partial charge on any atom is 0.254 e. The van der Waals surface area contributed by atoms with Crippen LogP contribution in [0.15, 0.2) is 18.2 Å². The Morgan fingerprint density at radius 3 is 2.76 bits per heavy atom. The summed E-state index contributed by atoms with van der Waals surface area (Å²) >= 11 is 5.93. The lowest BCUT2D eigenvalue weighted by molar-refractivity contribution is 0.0703. The number of nitrogen functional groups attached to an aromatic ring is 1. The summed E-state index contributed by atoms with van der Waals surface area (Å²) in [4.78, 5) is 14.3. The van der Waals surface area contributed by atoms with Gasteiger partial charge in [0.25, 0.3) is 5.91 Å². The fourth-order valence-corrected chi connectivity index (χ4v) is 3.32. The van der Waals surface area contributed by atoms with E-state index in [2.05, 4.69) is 0 Å². The van der Waals surface area contributed by atoms with E-state index in [1.54, 1.807) is 18.2 Å². The molecule has 3 rings (SSSR count). The second kappa shape index (κ2) is 3.91. The van der Waals surface area contributed by atoms with Crippen molar-refractivity contribution in [1.29, 1.82) is 0 Å². The average Bonchev–Trinajstić information content (AvgIpc) is 2.88. The lowest BCUT2D eigenvalue weighted by Gasteiger charge is -2.27. The summed E-state index contributed by atoms with van der Waals surface area (Å²) in [6.45, 7) is 0.899. The summed E-state index contributed by atoms with van der Waals surface area (Å²) in [5.41, 5.74) is 6.88. The first kappa shape index (κ1) is 10.9. The lowest BCUT2D eigenvalue weighted by atomic mass is 10.1. The van der Waals surface area contributed by atoms with E-state index in [1.165, 1.54) is 12.8 Å². The largest absolute Gasteiger partial charge is 0.399 e. The Balaban J connectivity index is 1.86. The summed E-state index contributed by atoms with van der Waals surface area (Å²) in [5.74, 6) is 0.784. The van der Waals surface area contributed by atoms with Gasteiger partial charge in [0.2, 0.25) is 0 Å². The zero-order valence-corrected chi connectivity index (χ0v) is 10.3. The Labute approximate surface area is 106 Å². The molecule has 17 heavy (non-hydrogen) atoms. The second-order valence-corrected chi connectivity index (χ2v) is 5.50. The van der Waals surface area contributed by atoms with Crippen LogP contribution in [0.1, 0.15) is 29.6 Å². The first-order valence-electron chi connectivity index (χ1n) is 6.00. The number of nitrogens with two attached hydrogens (primary N) is 1. The van der Waals surface area contributed by atoms with Crippen molar-refractivity contribution in [2.24, 2.45) is 5.92 Å². The number of anilines is 1. The average molecular weight is 251 g/mol. The molecule has 1 amide bonds. The van der Waals surface area contributed by atoms with Crippen molar-refractivity contribution in [3.05, 3.63) is 28.8 Å². The van der Waals surface area contributed by atoms with E-state index in [4.69, 9.17) is 17.3 Å². The third-order valence-electron chi connectivity index (χ3n) is 3.84. The molecule has 1 heterocycles. The van der Waals surface area contributed by atoms with Crippen molar-refractivity contribution in [2.45, 2.75) is 25.3 Å². The first-order valence-corrected chi connectivity index (χ1v) is 6.38. The summed E-state index contributed by atoms with van der Waals surface area (Å²) in [5, 5.41) is 0.526. The van der Waals surface area contributed by atoms with Crippen LogP contribution in [0.2, 0.25) is 5.02 Å². The number of nitrogens with zero attached hydrogens (tertiary/aromatic N) is 1.